The van der Waals surface area contributed by atoms with Crippen LogP contribution in [0.5, 0.6) is 0 Å². The van der Waals surface area contributed by atoms with Crippen LogP contribution in [0.1, 0.15) is 0 Å². The molecule has 0 fully saturated rings. The summed E-state index contributed by atoms with van der Waals surface area (Å²) >= 11 is 0. The van der Waals surface area contributed by atoms with Crippen LogP contribution in [-0.4, -0.2) is 0 Å². The van der Waals surface area contributed by atoms with E-state index in [4.69, 9.17) is 11.1 Å². The first-order valence-electron chi connectivity index (χ1n) is 13.0. The van der Waals surface area contributed by atoms with Gasteiger partial charge in [0.05, 0.1) is 0 Å². The van der Waals surface area contributed by atoms with Gasteiger partial charge in [-0.2, -0.15) is 11.1 Å². The zero-order valence-electron chi connectivity index (χ0n) is 29.6. The molecule has 0 aliphatic heterocycles. The maximum Gasteiger partial charge on any atom is 0 e. The van der Waals surface area contributed by atoms with E-state index in [0.29, 0.717) is 0 Å². The van der Waals surface area contributed by atoms with E-state index in [1.165, 1.54) is 0 Å². The molecule has 0 unspecified atom stereocenters. The first-order chi connectivity index (χ1) is 32.9. The number of nitrogens with zero attached hydrogens (tertiary/aromatic N) is 64. The highest BCUT2D eigenvalue weighted by Gasteiger charge is 1.76. The lowest BCUT2D eigenvalue weighted by Gasteiger charge is -1.70. The van der Waals surface area contributed by atoms with Crippen molar-refractivity contribution in [2.24, 2.45) is 334 Å². The monoisotopic (exact) mass is 926 g/mol. The van der Waals surface area contributed by atoms with E-state index in [0.717, 1.165) is 0 Å². The topological polar surface area (TPSA) is 839 Å². The predicted octanol–water partition coefficient (Wildman–Crippen LogP) is 12.3. The SMILES string of the molecule is N=N/N=N/N=N/N=N/N=N/N=N/N=N/N=N/N=N/N=N/N=N/N=N/N=N/N=N/N=N/N=N/N=N/N=N/N=N/N=N/N=N/N=N/N=N/N=N/N=N/N=N/N=N/N=N/N=N/N=N/N=N/N=N/N=N. The van der Waals surface area contributed by atoms with E-state index < -0.39 is 0 Å². The maximum atomic E-state index is 6.26. The highest BCUT2D eigenvalue weighted by atomic mass is 15.8. The fraction of sp³-hybridized carbons (Fsp3) is 0. The molecule has 0 aromatic rings. The molecule has 0 aliphatic rings. The van der Waals surface area contributed by atoms with Crippen molar-refractivity contribution in [1.29, 1.82) is 11.1 Å². The van der Waals surface area contributed by atoms with E-state index in [9.17, 15) is 0 Å². The van der Waals surface area contributed by atoms with Crippen molar-refractivity contribution in [3.63, 3.8) is 0 Å². The fourth-order valence-electron chi connectivity index (χ4n) is 1.11. The van der Waals surface area contributed by atoms with E-state index in [-0.39, 0.29) is 0 Å². The number of hydrogen-bond acceptors (Lipinski definition) is 2. The normalized spacial score (nSPS) is 15.3. The van der Waals surface area contributed by atoms with Gasteiger partial charge in [-0.3, -0.25) is 0 Å². The molecule has 332 valence electrons. The minimum Gasteiger partial charge on any atom is -0.183 e. The molecule has 0 saturated heterocycles. The number of nitrogens with one attached hydrogen (secondary N) is 2. The molecule has 0 saturated carbocycles. The minimum absolute atomic E-state index is 2.50. The van der Waals surface area contributed by atoms with Gasteiger partial charge in [-0.15, -0.1) is 0 Å². The lowest BCUT2D eigenvalue weighted by atomic mass is 12.3. The maximum absolute atomic E-state index is 6.26. The van der Waals surface area contributed by atoms with Gasteiger partial charge in [0.25, 0.3) is 0 Å². The van der Waals surface area contributed by atoms with Gasteiger partial charge in [-0.05, 0) is 83.6 Å². The van der Waals surface area contributed by atoms with Gasteiger partial charge in [-0.25, -0.2) is 0 Å². The van der Waals surface area contributed by atoms with Crippen molar-refractivity contribution in [1.82, 2.24) is 0 Å². The Morgan fingerprint density at radius 3 is 0.167 bits per heavy atom. The first-order valence-corrected chi connectivity index (χ1v) is 13.0. The van der Waals surface area contributed by atoms with E-state index in [1.807, 2.05) is 0 Å². The van der Waals surface area contributed by atoms with Crippen molar-refractivity contribution in [2.75, 3.05) is 0 Å². The summed E-state index contributed by atoms with van der Waals surface area (Å²) < 4.78 is 0. The lowest BCUT2D eigenvalue weighted by molar-refractivity contribution is 0.724. The van der Waals surface area contributed by atoms with Gasteiger partial charge in [0.2, 0.25) is 0 Å². The largest absolute Gasteiger partial charge is 0.183 e. The Morgan fingerprint density at radius 2 is 0.121 bits per heavy atom. The van der Waals surface area contributed by atoms with Crippen LogP contribution in [-0.2, 0) is 0 Å². The molecule has 0 bridgehead atoms. The number of hydrogen-bond donors (Lipinski definition) is 2. The van der Waals surface area contributed by atoms with Crippen LogP contribution in [0.25, 0.3) is 0 Å². The molecule has 66 heavy (non-hydrogen) atoms. The minimum atomic E-state index is 2.50. The van der Waals surface area contributed by atoms with Gasteiger partial charge < -0.3 is 0 Å². The first kappa shape index (κ1) is 52.8. The van der Waals surface area contributed by atoms with E-state index in [2.05, 4.69) is 334 Å². The van der Waals surface area contributed by atoms with Crippen LogP contribution in [0.3, 0.4) is 0 Å². The Morgan fingerprint density at radius 1 is 0.0758 bits per heavy atom. The zero-order valence-corrected chi connectivity index (χ0v) is 29.6. The molecule has 0 spiro atoms. The second kappa shape index (κ2) is 51.8. The summed E-state index contributed by atoms with van der Waals surface area (Å²) in [5.41, 5.74) is 12.5. The summed E-state index contributed by atoms with van der Waals surface area (Å²) in [7, 11) is 0. The average molecular weight is 926 g/mol. The lowest BCUT2D eigenvalue weighted by Crippen LogP contribution is -1.52. The smallest absolute Gasteiger partial charge is 0 e. The molecular formula is H2N66. The number of rotatable bonds is 32. The van der Waals surface area contributed by atoms with Gasteiger partial charge in [0.15, 0.2) is 0 Å². The molecular weight excluding hydrogens is 924 g/mol. The van der Waals surface area contributed by atoms with Crippen LogP contribution in [0.4, 0.5) is 0 Å². The van der Waals surface area contributed by atoms with Crippen molar-refractivity contribution < 1.29 is 0 Å². The average Bonchev–Trinajstić information content (AvgIpc) is 3.33. The molecule has 2 N–H and O–H groups in total. The third-order valence-electron chi connectivity index (χ3n) is 2.53. The molecule has 0 aromatic heterocycles. The summed E-state index contributed by atoms with van der Waals surface area (Å²) in [6.07, 6.45) is 0. The molecule has 0 heterocycles. The fourth-order valence-corrected chi connectivity index (χ4v) is 1.11. The Bertz CT molecular complexity index is 2070. The van der Waals surface area contributed by atoms with Gasteiger partial charge >= 0.3 is 0 Å². The molecule has 66 nitrogen and oxygen atoms in total. The third-order valence-corrected chi connectivity index (χ3v) is 2.53. The Hall–Kier alpha value is -13.2. The summed E-state index contributed by atoms with van der Waals surface area (Å²) in [4.78, 5) is 0. The molecule has 0 rings (SSSR count). The molecule has 0 amide bonds. The van der Waals surface area contributed by atoms with Crippen molar-refractivity contribution >= 4 is 0 Å². The Balaban J connectivity index is 4.09. The standard InChI is InChI=1S/H2N66/c1-3-5-7-9-11-13-15-17-19-21-23-25-27-29-31-33-35-37-39-41-43-45-47-49-51-53-55-57-59-61-63-65-66-64-62-60-58-56-54-52-50-48-46-44-42-40-38-36-34-32-30-28-26-24-22-20-18-16-14-12-10-8-6-4-2/h1-2H/b3-1?,4-2?,7-5+,8-6+,11-9+,12-10+,15-13+,16-14+,19-17+,20-18+,23-21+,24-22+,27-25+,28-26+,31-29+,32-30+,35-33+,36-34+,39-37+,40-38+,43-41+,44-42+,47-45+,48-46+,51-49+,52-50+,55-53+,56-54+,59-57+,60-58+,63-61+,64-62+,66-65+. The van der Waals surface area contributed by atoms with Crippen LogP contribution in [0.2, 0.25) is 0 Å². The molecule has 0 atom stereocenters. The highest BCUT2D eigenvalue weighted by Crippen LogP contribution is 1.95. The summed E-state index contributed by atoms with van der Waals surface area (Å²) in [6, 6.07) is 0. The van der Waals surface area contributed by atoms with Gasteiger partial charge in [0, 0.05) is 251 Å². The summed E-state index contributed by atoms with van der Waals surface area (Å²) in [5, 5.41) is 189. The molecule has 66 heteroatoms. The summed E-state index contributed by atoms with van der Waals surface area (Å²) in [5.74, 6) is 0. The quantitative estimate of drug-likeness (QED) is 0.0469. The van der Waals surface area contributed by atoms with Crippen LogP contribution >= 0.6 is 0 Å². The van der Waals surface area contributed by atoms with Crippen LogP contribution < -0.4 is 0 Å². The van der Waals surface area contributed by atoms with Crippen molar-refractivity contribution in [2.45, 2.75) is 0 Å². The second-order valence-electron chi connectivity index (χ2n) is 5.75. The molecule has 0 aliphatic carbocycles. The van der Waals surface area contributed by atoms with E-state index >= 15 is 0 Å². The second-order valence-corrected chi connectivity index (χ2v) is 5.75. The van der Waals surface area contributed by atoms with E-state index in [1.54, 1.807) is 0 Å². The van der Waals surface area contributed by atoms with Gasteiger partial charge in [0.1, 0.15) is 0 Å². The zero-order chi connectivity index (χ0) is 47.3. The van der Waals surface area contributed by atoms with Crippen molar-refractivity contribution in [3.05, 3.63) is 0 Å². The van der Waals surface area contributed by atoms with Crippen LogP contribution in [0.15, 0.2) is 334 Å². The van der Waals surface area contributed by atoms with Crippen molar-refractivity contribution in [3.8, 4) is 0 Å². The highest BCUT2D eigenvalue weighted by molar-refractivity contribution is 4.19. The molecule has 0 radical (unpaired) electrons. The Labute approximate surface area is 346 Å². The summed E-state index contributed by atoms with van der Waals surface area (Å²) in [6.45, 7) is 0. The van der Waals surface area contributed by atoms with Crippen LogP contribution in [0, 0.1) is 11.1 Å². The molecule has 0 aromatic carbocycles. The Kier molecular flexibility index (Phi) is 41.4. The van der Waals surface area contributed by atoms with Gasteiger partial charge in [-0.1, -0.05) is 0 Å². The third kappa shape index (κ3) is 50.8. The predicted molar refractivity (Wildman–Crippen MR) is 161 cm³/mol.